The number of aliphatic carboxylic acids is 1. The quantitative estimate of drug-likeness (QED) is 0.849. The van der Waals surface area contributed by atoms with Gasteiger partial charge in [0.2, 0.25) is 0 Å². The molecule has 6 heteroatoms. The first-order valence-corrected chi connectivity index (χ1v) is 7.18. The van der Waals surface area contributed by atoms with Crippen LogP contribution in [0.4, 0.5) is 13.2 Å². The van der Waals surface area contributed by atoms with E-state index in [1.54, 1.807) is 0 Å². The summed E-state index contributed by atoms with van der Waals surface area (Å²) in [6, 6.07) is 9.19. The van der Waals surface area contributed by atoms with Crippen LogP contribution in [0.5, 0.6) is 0 Å². The third-order valence-electron chi connectivity index (χ3n) is 2.96. The molecule has 0 saturated carbocycles. The number of aryl methyl sites for hydroxylation is 1. The Bertz CT molecular complexity index is 459. The molecule has 0 fully saturated rings. The minimum absolute atomic E-state index is 0.510. The van der Waals surface area contributed by atoms with Crippen LogP contribution in [-0.4, -0.2) is 23.8 Å². The number of carboxylic acid groups (broad SMARTS) is 1. The highest BCUT2D eigenvalue weighted by molar-refractivity contribution is 5.73. The number of halogens is 3. The molecule has 1 aromatic rings. The largest absolute Gasteiger partial charge is 0.490 e. The van der Waals surface area contributed by atoms with Gasteiger partial charge in [-0.1, -0.05) is 45.0 Å². The smallest absolute Gasteiger partial charge is 0.475 e. The van der Waals surface area contributed by atoms with Crippen molar-refractivity contribution in [2.75, 3.05) is 6.54 Å². The van der Waals surface area contributed by atoms with Crippen molar-refractivity contribution in [2.45, 2.75) is 46.3 Å². The van der Waals surface area contributed by atoms with Crippen molar-refractivity contribution in [3.05, 3.63) is 35.4 Å². The second-order valence-corrected chi connectivity index (χ2v) is 5.40. The lowest BCUT2D eigenvalue weighted by atomic mass is 9.94. The van der Waals surface area contributed by atoms with Gasteiger partial charge in [-0.15, -0.1) is 0 Å². The average molecular weight is 319 g/mol. The number of carboxylic acids is 1. The maximum Gasteiger partial charge on any atom is 0.490 e. The molecule has 0 aliphatic rings. The van der Waals surface area contributed by atoms with E-state index in [2.05, 4.69) is 57.3 Å². The van der Waals surface area contributed by atoms with E-state index in [-0.39, 0.29) is 0 Å². The minimum Gasteiger partial charge on any atom is -0.475 e. The van der Waals surface area contributed by atoms with Gasteiger partial charge in [0.25, 0.3) is 0 Å². The van der Waals surface area contributed by atoms with Gasteiger partial charge in [-0.3, -0.25) is 0 Å². The highest BCUT2D eigenvalue weighted by Crippen LogP contribution is 2.23. The van der Waals surface area contributed by atoms with Gasteiger partial charge in [-0.05, 0) is 36.9 Å². The second kappa shape index (κ2) is 9.46. The Morgan fingerprint density at radius 2 is 1.77 bits per heavy atom. The predicted octanol–water partition coefficient (Wildman–Crippen LogP) is 4.33. The Hall–Kier alpha value is -1.56. The van der Waals surface area contributed by atoms with Crippen molar-refractivity contribution in [1.82, 2.24) is 5.32 Å². The lowest BCUT2D eigenvalue weighted by Gasteiger charge is -2.22. The molecule has 0 bridgehead atoms. The van der Waals surface area contributed by atoms with Crippen LogP contribution in [0.1, 0.15) is 44.4 Å². The van der Waals surface area contributed by atoms with E-state index in [0.717, 1.165) is 12.5 Å². The molecule has 1 unspecified atom stereocenters. The van der Waals surface area contributed by atoms with Crippen LogP contribution in [0.3, 0.4) is 0 Å². The Balaban J connectivity index is 0.000000534. The molecule has 22 heavy (non-hydrogen) atoms. The van der Waals surface area contributed by atoms with E-state index < -0.39 is 12.1 Å². The molecule has 0 spiro atoms. The summed E-state index contributed by atoms with van der Waals surface area (Å²) in [6.45, 7) is 9.96. The summed E-state index contributed by atoms with van der Waals surface area (Å²) < 4.78 is 31.7. The molecule has 1 rings (SSSR count). The maximum atomic E-state index is 10.6. The third kappa shape index (κ3) is 8.02. The highest BCUT2D eigenvalue weighted by atomic mass is 19.4. The Kier molecular flexibility index (Phi) is 8.79. The van der Waals surface area contributed by atoms with E-state index >= 15 is 0 Å². The molecule has 0 saturated heterocycles. The fourth-order valence-corrected chi connectivity index (χ4v) is 2.02. The molecule has 126 valence electrons. The van der Waals surface area contributed by atoms with Crippen LogP contribution < -0.4 is 5.32 Å². The molecule has 0 radical (unpaired) electrons. The van der Waals surface area contributed by atoms with E-state index in [4.69, 9.17) is 9.90 Å². The lowest BCUT2D eigenvalue weighted by Crippen LogP contribution is -2.23. The SMILES string of the molecule is CCNC(CC(C)C)c1ccccc1C.O=C(O)C(F)(F)F. The fraction of sp³-hybridized carbons (Fsp3) is 0.562. The van der Waals surface area contributed by atoms with Crippen LogP contribution >= 0.6 is 0 Å². The zero-order chi connectivity index (χ0) is 17.3. The van der Waals surface area contributed by atoms with E-state index in [1.165, 1.54) is 17.5 Å². The molecular formula is C16H24F3NO2. The standard InChI is InChI=1S/C14H23N.C2HF3O2/c1-5-15-14(10-11(2)3)13-9-7-6-8-12(13)4;3-2(4,5)1(6)7/h6-9,11,14-15H,5,10H2,1-4H3;(H,6,7). The molecule has 3 nitrogen and oxygen atoms in total. The monoisotopic (exact) mass is 319 g/mol. The summed E-state index contributed by atoms with van der Waals surface area (Å²) in [7, 11) is 0. The van der Waals surface area contributed by atoms with Crippen LogP contribution in [0.25, 0.3) is 0 Å². The molecule has 1 aromatic carbocycles. The summed E-state index contributed by atoms with van der Waals surface area (Å²) in [4.78, 5) is 8.90. The van der Waals surface area contributed by atoms with Crippen molar-refractivity contribution < 1.29 is 23.1 Å². The lowest BCUT2D eigenvalue weighted by molar-refractivity contribution is -0.192. The zero-order valence-electron chi connectivity index (χ0n) is 13.4. The number of rotatable bonds is 5. The Labute approximate surface area is 129 Å². The number of nitrogens with one attached hydrogen (secondary N) is 1. The van der Waals surface area contributed by atoms with Crippen molar-refractivity contribution in [3.63, 3.8) is 0 Å². The molecule has 2 N–H and O–H groups in total. The number of benzene rings is 1. The summed E-state index contributed by atoms with van der Waals surface area (Å²) in [6.07, 6.45) is -3.88. The number of alkyl halides is 3. The summed E-state index contributed by atoms with van der Waals surface area (Å²) in [5, 5.41) is 10.7. The van der Waals surface area contributed by atoms with Gasteiger partial charge < -0.3 is 10.4 Å². The Morgan fingerprint density at radius 3 is 2.14 bits per heavy atom. The molecule has 0 aliphatic carbocycles. The Morgan fingerprint density at radius 1 is 1.27 bits per heavy atom. The maximum absolute atomic E-state index is 10.6. The van der Waals surface area contributed by atoms with Crippen molar-refractivity contribution in [1.29, 1.82) is 0 Å². The van der Waals surface area contributed by atoms with Gasteiger partial charge in [0.05, 0.1) is 0 Å². The van der Waals surface area contributed by atoms with Crippen molar-refractivity contribution >= 4 is 5.97 Å². The molecule has 1 atom stereocenters. The first-order chi connectivity index (χ1) is 10.1. The topological polar surface area (TPSA) is 49.3 Å². The van der Waals surface area contributed by atoms with E-state index in [0.29, 0.717) is 6.04 Å². The van der Waals surface area contributed by atoms with Crippen molar-refractivity contribution in [3.8, 4) is 0 Å². The van der Waals surface area contributed by atoms with Gasteiger partial charge >= 0.3 is 12.1 Å². The van der Waals surface area contributed by atoms with Gasteiger partial charge in [0.1, 0.15) is 0 Å². The van der Waals surface area contributed by atoms with E-state index in [9.17, 15) is 13.2 Å². The van der Waals surface area contributed by atoms with Crippen LogP contribution in [0.15, 0.2) is 24.3 Å². The number of hydrogen-bond donors (Lipinski definition) is 2. The summed E-state index contributed by atoms with van der Waals surface area (Å²) in [5.74, 6) is -2.03. The second-order valence-electron chi connectivity index (χ2n) is 5.40. The molecule has 0 amide bonds. The summed E-state index contributed by atoms with van der Waals surface area (Å²) >= 11 is 0. The van der Waals surface area contributed by atoms with Gasteiger partial charge in [-0.25, -0.2) is 4.79 Å². The van der Waals surface area contributed by atoms with Crippen LogP contribution in [0.2, 0.25) is 0 Å². The van der Waals surface area contributed by atoms with Crippen LogP contribution in [0, 0.1) is 12.8 Å². The minimum atomic E-state index is -5.08. The predicted molar refractivity (Wildman–Crippen MR) is 80.7 cm³/mol. The molecule has 0 aliphatic heterocycles. The summed E-state index contributed by atoms with van der Waals surface area (Å²) in [5.41, 5.74) is 2.84. The molecule has 0 heterocycles. The van der Waals surface area contributed by atoms with Gasteiger partial charge in [-0.2, -0.15) is 13.2 Å². The number of carbonyl (C=O) groups is 1. The first-order valence-electron chi connectivity index (χ1n) is 7.18. The van der Waals surface area contributed by atoms with Gasteiger partial charge in [0.15, 0.2) is 0 Å². The average Bonchev–Trinajstić information content (AvgIpc) is 2.38. The number of hydrogen-bond acceptors (Lipinski definition) is 2. The third-order valence-corrected chi connectivity index (χ3v) is 2.96. The van der Waals surface area contributed by atoms with E-state index in [1.807, 2.05) is 0 Å². The van der Waals surface area contributed by atoms with Gasteiger partial charge in [0, 0.05) is 6.04 Å². The normalized spacial score (nSPS) is 12.5. The fourth-order valence-electron chi connectivity index (χ4n) is 2.02. The van der Waals surface area contributed by atoms with Crippen molar-refractivity contribution in [2.24, 2.45) is 5.92 Å². The first kappa shape index (κ1) is 20.4. The zero-order valence-corrected chi connectivity index (χ0v) is 13.4. The molecular weight excluding hydrogens is 295 g/mol. The van der Waals surface area contributed by atoms with Crippen LogP contribution in [-0.2, 0) is 4.79 Å². The highest BCUT2D eigenvalue weighted by Gasteiger charge is 2.38. The molecule has 0 aromatic heterocycles.